The van der Waals surface area contributed by atoms with Gasteiger partial charge >= 0.3 is 0 Å². The van der Waals surface area contributed by atoms with Crippen LogP contribution in [-0.4, -0.2) is 63.2 Å². The molecule has 0 aromatic carbocycles. The Kier molecular flexibility index (Phi) is 17.3. The summed E-state index contributed by atoms with van der Waals surface area (Å²) in [6, 6.07) is -0.919. The van der Waals surface area contributed by atoms with E-state index in [9.17, 15) is 9.59 Å². The van der Waals surface area contributed by atoms with Crippen molar-refractivity contribution in [1.82, 2.24) is 16.0 Å². The normalized spacial score (nSPS) is 13.2. The van der Waals surface area contributed by atoms with Crippen LogP contribution >= 0.6 is 0 Å². The Labute approximate surface area is 163 Å². The Morgan fingerprint density at radius 1 is 0.704 bits per heavy atom. The lowest BCUT2D eigenvalue weighted by atomic mass is 10.1. The Bertz CT molecular complexity index is 349. The fourth-order valence-electron chi connectivity index (χ4n) is 2.46. The van der Waals surface area contributed by atoms with Crippen LogP contribution < -0.4 is 38.9 Å². The van der Waals surface area contributed by atoms with Crippen LogP contribution in [0.1, 0.15) is 51.4 Å². The van der Waals surface area contributed by atoms with Crippen LogP contribution in [0, 0.1) is 0 Å². The van der Waals surface area contributed by atoms with Crippen molar-refractivity contribution in [3.8, 4) is 0 Å². The van der Waals surface area contributed by atoms with Crippen LogP contribution in [0.2, 0.25) is 0 Å². The molecule has 0 aliphatic heterocycles. The van der Waals surface area contributed by atoms with Gasteiger partial charge in [0.2, 0.25) is 11.8 Å². The van der Waals surface area contributed by atoms with E-state index in [1.807, 2.05) is 0 Å². The van der Waals surface area contributed by atoms with Gasteiger partial charge in [0.15, 0.2) is 0 Å². The van der Waals surface area contributed by atoms with Crippen LogP contribution in [0.25, 0.3) is 0 Å². The third-order valence-corrected chi connectivity index (χ3v) is 4.20. The number of rotatable bonds is 18. The lowest BCUT2D eigenvalue weighted by Gasteiger charge is -2.12. The molecule has 0 fully saturated rings. The van der Waals surface area contributed by atoms with Crippen LogP contribution in [0.3, 0.4) is 0 Å². The van der Waals surface area contributed by atoms with Crippen molar-refractivity contribution in [3.05, 3.63) is 0 Å². The van der Waals surface area contributed by atoms with Crippen molar-refractivity contribution in [3.63, 3.8) is 0 Å². The summed E-state index contributed by atoms with van der Waals surface area (Å²) in [4.78, 5) is 23.5. The number of unbranched alkanes of at least 4 members (excludes halogenated alkanes) is 2. The van der Waals surface area contributed by atoms with Crippen LogP contribution in [0.15, 0.2) is 0 Å². The summed E-state index contributed by atoms with van der Waals surface area (Å²) in [5.41, 5.74) is 22.4. The van der Waals surface area contributed by atoms with E-state index in [4.69, 9.17) is 22.9 Å². The zero-order chi connectivity index (χ0) is 20.3. The number of hydrogen-bond donors (Lipinski definition) is 6. The summed E-state index contributed by atoms with van der Waals surface area (Å²) in [5, 5.41) is 10.0. The first-order chi connectivity index (χ1) is 13.0. The Morgan fingerprint density at radius 3 is 1.48 bits per heavy atom. The molecule has 9 heteroatoms. The van der Waals surface area contributed by atoms with Gasteiger partial charge in [0.1, 0.15) is 0 Å². The standard InChI is InChI=1S/C18H40N7O2/c19-9-3-1-7-15(21)17(26)24-13-5-11-23-12-6-14-25-18(27)16(22)8-2-4-10-20/h15-16H,1-14,19-22H2,(H,24,26)(H,25,27)/t15-,16-/m0/s1. The van der Waals surface area contributed by atoms with Gasteiger partial charge in [0.05, 0.1) is 12.1 Å². The molecule has 0 aromatic rings. The first kappa shape index (κ1) is 25.7. The first-order valence-electron chi connectivity index (χ1n) is 10.1. The highest BCUT2D eigenvalue weighted by atomic mass is 16.2. The van der Waals surface area contributed by atoms with Gasteiger partial charge in [-0.15, -0.1) is 0 Å². The minimum absolute atomic E-state index is 0.113. The second kappa shape index (κ2) is 18.1. The van der Waals surface area contributed by atoms with Gasteiger partial charge < -0.3 is 33.6 Å². The topological polar surface area (TPSA) is 176 Å². The molecule has 2 amide bonds. The molecular weight excluding hydrogens is 346 g/mol. The van der Waals surface area contributed by atoms with E-state index in [0.29, 0.717) is 52.1 Å². The molecule has 0 spiro atoms. The fraction of sp³-hybridized carbons (Fsp3) is 0.889. The maximum atomic E-state index is 11.8. The van der Waals surface area contributed by atoms with Gasteiger partial charge in [-0.1, -0.05) is 12.8 Å². The highest BCUT2D eigenvalue weighted by molar-refractivity contribution is 5.81. The van der Waals surface area contributed by atoms with Crippen LogP contribution in [0.5, 0.6) is 0 Å². The summed E-state index contributed by atoms with van der Waals surface area (Å²) < 4.78 is 0. The van der Waals surface area contributed by atoms with E-state index in [1.54, 1.807) is 0 Å². The van der Waals surface area contributed by atoms with Crippen molar-refractivity contribution in [1.29, 1.82) is 0 Å². The quantitative estimate of drug-likeness (QED) is 0.156. The minimum Gasteiger partial charge on any atom is -0.355 e. The summed E-state index contributed by atoms with van der Waals surface area (Å²) in [6.07, 6.45) is 6.40. The molecule has 0 bridgehead atoms. The number of nitrogens with zero attached hydrogens (tertiary/aromatic N) is 1. The molecule has 1 radical (unpaired) electrons. The average Bonchev–Trinajstić information content (AvgIpc) is 2.66. The van der Waals surface area contributed by atoms with E-state index in [-0.39, 0.29) is 11.8 Å². The predicted molar refractivity (Wildman–Crippen MR) is 109 cm³/mol. The molecular formula is C18H40N7O2. The summed E-state index contributed by atoms with van der Waals surface area (Å²) in [5.74, 6) is -0.227. The van der Waals surface area contributed by atoms with Crippen LogP contribution in [0.4, 0.5) is 0 Å². The van der Waals surface area contributed by atoms with Crippen molar-refractivity contribution in [2.24, 2.45) is 22.9 Å². The zero-order valence-electron chi connectivity index (χ0n) is 16.6. The highest BCUT2D eigenvalue weighted by Gasteiger charge is 2.12. The Morgan fingerprint density at radius 2 is 1.11 bits per heavy atom. The second-order valence-corrected chi connectivity index (χ2v) is 6.74. The second-order valence-electron chi connectivity index (χ2n) is 6.74. The molecule has 9 nitrogen and oxygen atoms in total. The van der Waals surface area contributed by atoms with Crippen molar-refractivity contribution < 1.29 is 9.59 Å². The number of hydrogen-bond acceptors (Lipinski definition) is 6. The van der Waals surface area contributed by atoms with Crippen molar-refractivity contribution in [2.45, 2.75) is 63.5 Å². The minimum atomic E-state index is -0.459. The maximum absolute atomic E-state index is 11.8. The molecule has 27 heavy (non-hydrogen) atoms. The molecule has 0 heterocycles. The van der Waals surface area contributed by atoms with E-state index in [0.717, 1.165) is 38.5 Å². The van der Waals surface area contributed by atoms with E-state index < -0.39 is 12.1 Å². The van der Waals surface area contributed by atoms with Gasteiger partial charge in [-0.3, -0.25) is 9.59 Å². The zero-order valence-corrected chi connectivity index (χ0v) is 16.6. The van der Waals surface area contributed by atoms with Crippen molar-refractivity contribution >= 4 is 11.8 Å². The Hall–Kier alpha value is -1.26. The lowest BCUT2D eigenvalue weighted by Crippen LogP contribution is -2.41. The molecule has 0 aliphatic rings. The molecule has 0 aromatic heterocycles. The molecule has 0 saturated heterocycles. The molecule has 2 atom stereocenters. The maximum Gasteiger partial charge on any atom is 0.236 e. The number of nitrogens with one attached hydrogen (secondary N) is 2. The molecule has 0 rings (SSSR count). The number of amides is 2. The summed E-state index contributed by atoms with van der Waals surface area (Å²) in [7, 11) is 0. The monoisotopic (exact) mass is 386 g/mol. The van der Waals surface area contributed by atoms with Gasteiger partial charge in [0, 0.05) is 26.2 Å². The number of carbonyl (C=O) groups excluding carboxylic acids is 2. The predicted octanol–water partition coefficient (Wildman–Crippen LogP) is -1.48. The summed E-state index contributed by atoms with van der Waals surface area (Å²) >= 11 is 0. The van der Waals surface area contributed by atoms with Gasteiger partial charge in [-0.25, -0.2) is 5.32 Å². The molecule has 0 unspecified atom stereocenters. The van der Waals surface area contributed by atoms with Gasteiger partial charge in [0.25, 0.3) is 0 Å². The molecule has 0 saturated carbocycles. The highest BCUT2D eigenvalue weighted by Crippen LogP contribution is 1.98. The van der Waals surface area contributed by atoms with E-state index in [2.05, 4.69) is 16.0 Å². The molecule has 10 N–H and O–H groups in total. The first-order valence-corrected chi connectivity index (χ1v) is 10.1. The van der Waals surface area contributed by atoms with Gasteiger partial charge in [-0.05, 0) is 51.6 Å². The third-order valence-electron chi connectivity index (χ3n) is 4.20. The number of nitrogens with two attached hydrogens (primary N) is 4. The third kappa shape index (κ3) is 15.5. The van der Waals surface area contributed by atoms with Gasteiger partial charge in [-0.2, -0.15) is 0 Å². The fourth-order valence-corrected chi connectivity index (χ4v) is 2.46. The number of carbonyl (C=O) groups is 2. The summed E-state index contributed by atoms with van der Waals surface area (Å²) in [6.45, 7) is 3.75. The Balaban J connectivity index is 3.46. The molecule has 159 valence electrons. The van der Waals surface area contributed by atoms with E-state index >= 15 is 0 Å². The van der Waals surface area contributed by atoms with Crippen LogP contribution in [-0.2, 0) is 9.59 Å². The smallest absolute Gasteiger partial charge is 0.236 e. The average molecular weight is 387 g/mol. The van der Waals surface area contributed by atoms with Crippen molar-refractivity contribution in [2.75, 3.05) is 39.3 Å². The largest absolute Gasteiger partial charge is 0.355 e. The SMILES string of the molecule is NCCCC[C@H](N)C(=O)NCCC[N]CCCNC(=O)[C@@H](N)CCCCN. The molecule has 0 aliphatic carbocycles. The lowest BCUT2D eigenvalue weighted by molar-refractivity contribution is -0.123. The van der Waals surface area contributed by atoms with E-state index in [1.165, 1.54) is 0 Å².